The second-order valence-corrected chi connectivity index (χ2v) is 6.25. The molecule has 1 spiro atoms. The quantitative estimate of drug-likeness (QED) is 0.758. The van der Waals surface area contributed by atoms with Gasteiger partial charge in [0.05, 0.1) is 6.04 Å². The number of benzene rings is 2. The number of rotatable bonds is 1. The fourth-order valence-corrected chi connectivity index (χ4v) is 4.28. The van der Waals surface area contributed by atoms with Crippen LogP contribution in [0.5, 0.6) is 0 Å². The van der Waals surface area contributed by atoms with Gasteiger partial charge in [0.15, 0.2) is 0 Å². The SMILES string of the molecule is c1ccc([C@@H]2Nc3ccccc3C23CCCCC3)cc1. The summed E-state index contributed by atoms with van der Waals surface area (Å²) >= 11 is 0. The van der Waals surface area contributed by atoms with Crippen LogP contribution in [0.4, 0.5) is 5.69 Å². The van der Waals surface area contributed by atoms with Crippen LogP contribution < -0.4 is 5.32 Å². The zero-order valence-electron chi connectivity index (χ0n) is 11.8. The molecule has 1 N–H and O–H groups in total. The van der Waals surface area contributed by atoms with Crippen molar-refractivity contribution in [2.24, 2.45) is 0 Å². The molecule has 1 aliphatic carbocycles. The number of fused-ring (bicyclic) bond motifs is 2. The molecule has 1 heterocycles. The normalized spacial score (nSPS) is 23.3. The predicted octanol–water partition coefficient (Wildman–Crippen LogP) is 5.06. The minimum Gasteiger partial charge on any atom is -0.377 e. The van der Waals surface area contributed by atoms with Crippen LogP contribution in [-0.4, -0.2) is 0 Å². The molecule has 0 amide bonds. The maximum Gasteiger partial charge on any atom is 0.0611 e. The molecule has 0 bridgehead atoms. The molecule has 102 valence electrons. The lowest BCUT2D eigenvalue weighted by atomic mass is 9.65. The van der Waals surface area contributed by atoms with Gasteiger partial charge in [-0.3, -0.25) is 0 Å². The number of para-hydroxylation sites is 1. The molecule has 0 saturated heterocycles. The third-order valence-corrected chi connectivity index (χ3v) is 5.19. The van der Waals surface area contributed by atoms with Gasteiger partial charge in [-0.2, -0.15) is 0 Å². The Morgan fingerprint density at radius 2 is 1.50 bits per heavy atom. The van der Waals surface area contributed by atoms with Crippen molar-refractivity contribution < 1.29 is 0 Å². The number of hydrogen-bond donors (Lipinski definition) is 1. The number of anilines is 1. The van der Waals surface area contributed by atoms with Crippen LogP contribution in [0.2, 0.25) is 0 Å². The summed E-state index contributed by atoms with van der Waals surface area (Å²) in [6.07, 6.45) is 6.75. The van der Waals surface area contributed by atoms with E-state index in [-0.39, 0.29) is 0 Å². The minimum absolute atomic E-state index is 0.316. The average Bonchev–Trinajstić information content (AvgIpc) is 2.84. The Kier molecular flexibility index (Phi) is 2.80. The maximum atomic E-state index is 3.81. The lowest BCUT2D eigenvalue weighted by Gasteiger charge is -2.39. The zero-order chi connectivity index (χ0) is 13.4. The molecule has 1 aliphatic heterocycles. The maximum absolute atomic E-state index is 3.81. The van der Waals surface area contributed by atoms with Gasteiger partial charge in [-0.1, -0.05) is 67.8 Å². The van der Waals surface area contributed by atoms with Gasteiger partial charge in [0, 0.05) is 11.1 Å². The van der Waals surface area contributed by atoms with Gasteiger partial charge in [0.1, 0.15) is 0 Å². The molecule has 2 aromatic carbocycles. The van der Waals surface area contributed by atoms with Crippen molar-refractivity contribution in [2.75, 3.05) is 5.32 Å². The van der Waals surface area contributed by atoms with Crippen molar-refractivity contribution in [3.05, 3.63) is 65.7 Å². The summed E-state index contributed by atoms with van der Waals surface area (Å²) in [5, 5.41) is 3.81. The molecule has 1 heteroatoms. The highest BCUT2D eigenvalue weighted by molar-refractivity contribution is 5.63. The van der Waals surface area contributed by atoms with Crippen molar-refractivity contribution in [3.63, 3.8) is 0 Å². The topological polar surface area (TPSA) is 12.0 Å². The van der Waals surface area contributed by atoms with Crippen molar-refractivity contribution in [3.8, 4) is 0 Å². The second kappa shape index (κ2) is 4.66. The molecular weight excluding hydrogens is 242 g/mol. The number of hydrogen-bond acceptors (Lipinski definition) is 1. The van der Waals surface area contributed by atoms with E-state index in [1.54, 1.807) is 5.56 Å². The lowest BCUT2D eigenvalue weighted by molar-refractivity contribution is 0.270. The summed E-state index contributed by atoms with van der Waals surface area (Å²) in [6.45, 7) is 0. The summed E-state index contributed by atoms with van der Waals surface area (Å²) in [5.74, 6) is 0. The van der Waals surface area contributed by atoms with Gasteiger partial charge in [0.25, 0.3) is 0 Å². The Bertz CT molecular complexity index is 596. The molecule has 20 heavy (non-hydrogen) atoms. The molecule has 0 unspecified atom stereocenters. The minimum atomic E-state index is 0.316. The summed E-state index contributed by atoms with van der Waals surface area (Å²) in [7, 11) is 0. The largest absolute Gasteiger partial charge is 0.377 e. The van der Waals surface area contributed by atoms with Crippen LogP contribution in [0.15, 0.2) is 54.6 Å². The van der Waals surface area contributed by atoms with E-state index in [0.717, 1.165) is 0 Å². The first-order valence-corrected chi connectivity index (χ1v) is 7.81. The second-order valence-electron chi connectivity index (χ2n) is 6.25. The Labute approximate surface area is 121 Å². The van der Waals surface area contributed by atoms with E-state index in [2.05, 4.69) is 59.9 Å². The summed E-state index contributed by atoms with van der Waals surface area (Å²) in [5.41, 5.74) is 4.65. The van der Waals surface area contributed by atoms with E-state index in [0.29, 0.717) is 11.5 Å². The van der Waals surface area contributed by atoms with Crippen LogP contribution >= 0.6 is 0 Å². The zero-order valence-corrected chi connectivity index (χ0v) is 11.8. The highest BCUT2D eigenvalue weighted by Gasteiger charge is 2.47. The molecule has 2 aromatic rings. The first kappa shape index (κ1) is 12.0. The molecule has 1 saturated carbocycles. The van der Waals surface area contributed by atoms with Crippen molar-refractivity contribution in [1.82, 2.24) is 0 Å². The van der Waals surface area contributed by atoms with Crippen LogP contribution in [-0.2, 0) is 5.41 Å². The average molecular weight is 263 g/mol. The Morgan fingerprint density at radius 1 is 0.800 bits per heavy atom. The van der Waals surface area contributed by atoms with Crippen LogP contribution in [0.3, 0.4) is 0 Å². The van der Waals surface area contributed by atoms with Crippen LogP contribution in [0.25, 0.3) is 0 Å². The van der Waals surface area contributed by atoms with Gasteiger partial charge < -0.3 is 5.32 Å². The molecule has 1 fully saturated rings. The van der Waals surface area contributed by atoms with E-state index in [1.807, 2.05) is 0 Å². The third kappa shape index (κ3) is 1.69. The molecule has 0 radical (unpaired) electrons. The van der Waals surface area contributed by atoms with Gasteiger partial charge >= 0.3 is 0 Å². The Hall–Kier alpha value is -1.76. The molecule has 2 aliphatic rings. The fraction of sp³-hybridized carbons (Fsp3) is 0.368. The monoisotopic (exact) mass is 263 g/mol. The molecular formula is C19H21N. The molecule has 1 atom stereocenters. The van der Waals surface area contributed by atoms with Gasteiger partial charge in [-0.25, -0.2) is 0 Å². The van der Waals surface area contributed by atoms with Crippen molar-refractivity contribution in [1.29, 1.82) is 0 Å². The molecule has 0 aromatic heterocycles. The first-order chi connectivity index (χ1) is 9.90. The van der Waals surface area contributed by atoms with Crippen LogP contribution in [0.1, 0.15) is 49.3 Å². The predicted molar refractivity (Wildman–Crippen MR) is 84.0 cm³/mol. The first-order valence-electron chi connectivity index (χ1n) is 7.81. The molecule has 4 rings (SSSR count). The van der Waals surface area contributed by atoms with Crippen molar-refractivity contribution >= 4 is 5.69 Å². The number of nitrogens with one attached hydrogen (secondary N) is 1. The fourth-order valence-electron chi connectivity index (χ4n) is 4.28. The van der Waals surface area contributed by atoms with Gasteiger partial charge in [-0.05, 0) is 30.0 Å². The molecule has 1 nitrogen and oxygen atoms in total. The standard InChI is InChI=1S/C19H21N/c1-3-9-15(10-4-1)18-19(13-7-2-8-14-19)16-11-5-6-12-17(16)20-18/h1,3-6,9-12,18,20H,2,7-8,13-14H2/t18-/m0/s1. The Balaban J connectivity index is 1.84. The lowest BCUT2D eigenvalue weighted by Crippen LogP contribution is -2.34. The smallest absolute Gasteiger partial charge is 0.0611 e. The van der Waals surface area contributed by atoms with E-state index in [4.69, 9.17) is 0 Å². The summed E-state index contributed by atoms with van der Waals surface area (Å²) in [6, 6.07) is 20.4. The Morgan fingerprint density at radius 3 is 2.30 bits per heavy atom. The van der Waals surface area contributed by atoms with E-state index in [1.165, 1.54) is 43.4 Å². The highest BCUT2D eigenvalue weighted by atomic mass is 15.0. The highest BCUT2D eigenvalue weighted by Crippen LogP contribution is 2.55. The van der Waals surface area contributed by atoms with E-state index < -0.39 is 0 Å². The van der Waals surface area contributed by atoms with Gasteiger partial charge in [-0.15, -0.1) is 0 Å². The summed E-state index contributed by atoms with van der Waals surface area (Å²) < 4.78 is 0. The van der Waals surface area contributed by atoms with Crippen LogP contribution in [0, 0.1) is 0 Å². The van der Waals surface area contributed by atoms with Crippen molar-refractivity contribution in [2.45, 2.75) is 43.6 Å². The van der Waals surface area contributed by atoms with E-state index in [9.17, 15) is 0 Å². The van der Waals surface area contributed by atoms with Gasteiger partial charge in [0.2, 0.25) is 0 Å². The van der Waals surface area contributed by atoms with E-state index >= 15 is 0 Å². The third-order valence-electron chi connectivity index (χ3n) is 5.19. The summed E-state index contributed by atoms with van der Waals surface area (Å²) in [4.78, 5) is 0.